The van der Waals surface area contributed by atoms with Gasteiger partial charge in [0, 0.05) is 22.1 Å². The lowest BCUT2D eigenvalue weighted by Gasteiger charge is -2.25. The van der Waals surface area contributed by atoms with Crippen LogP contribution >= 0.6 is 0 Å². The van der Waals surface area contributed by atoms with E-state index in [9.17, 15) is 0 Å². The normalized spacial score (nSPS) is 13.3. The first-order valence-electron chi connectivity index (χ1n) is 18.6. The van der Waals surface area contributed by atoms with Gasteiger partial charge in [0.05, 0.1) is 0 Å². The van der Waals surface area contributed by atoms with Gasteiger partial charge in [0.15, 0.2) is 40.5 Å². The Hall–Kier alpha value is -7.11. The van der Waals surface area contributed by atoms with E-state index in [0.29, 0.717) is 29.0 Å². The van der Waals surface area contributed by atoms with Crippen molar-refractivity contribution in [3.8, 4) is 79.4 Å². The van der Waals surface area contributed by atoms with Crippen molar-refractivity contribution < 1.29 is 9.47 Å². The summed E-state index contributed by atoms with van der Waals surface area (Å²) in [6, 6.07) is 56.7. The van der Waals surface area contributed by atoms with Crippen LogP contribution in [0.3, 0.4) is 0 Å². The SMILES string of the molecule is CC1(C)c2ccccc2-c2cc3c(cc21)Oc1ccc(-c2cccc(-c4nc(-c5ccccc5)nc(-c5ccc6c(ccc7ccccc76)c5)n4)c2)cc1O3. The minimum atomic E-state index is -0.120. The molecule has 1 aliphatic heterocycles. The van der Waals surface area contributed by atoms with Gasteiger partial charge in [-0.05, 0) is 91.3 Å². The highest BCUT2D eigenvalue weighted by molar-refractivity contribution is 6.08. The van der Waals surface area contributed by atoms with E-state index in [1.54, 1.807) is 0 Å². The summed E-state index contributed by atoms with van der Waals surface area (Å²) in [5.74, 6) is 4.68. The molecule has 11 rings (SSSR count). The Bertz CT molecular complexity index is 3020. The van der Waals surface area contributed by atoms with Gasteiger partial charge >= 0.3 is 0 Å². The third-order valence-electron chi connectivity index (χ3n) is 11.2. The average Bonchev–Trinajstić information content (AvgIpc) is 3.46. The van der Waals surface area contributed by atoms with Crippen molar-refractivity contribution in [3.63, 3.8) is 0 Å². The molecule has 1 aromatic heterocycles. The molecule has 0 radical (unpaired) electrons. The molecule has 0 atom stereocenters. The summed E-state index contributed by atoms with van der Waals surface area (Å²) in [5, 5.41) is 4.79. The molecule has 5 heteroatoms. The van der Waals surface area contributed by atoms with E-state index < -0.39 is 0 Å². The molecule has 0 spiro atoms. The Balaban J connectivity index is 0.967. The lowest BCUT2D eigenvalue weighted by atomic mass is 9.82. The van der Waals surface area contributed by atoms with Gasteiger partial charge in [-0.3, -0.25) is 0 Å². The molecule has 8 aromatic carbocycles. The van der Waals surface area contributed by atoms with Gasteiger partial charge in [0.2, 0.25) is 0 Å². The molecule has 0 saturated carbocycles. The number of rotatable bonds is 4. The summed E-state index contributed by atoms with van der Waals surface area (Å²) in [6.07, 6.45) is 0. The molecule has 55 heavy (non-hydrogen) atoms. The second kappa shape index (κ2) is 12.0. The Kier molecular flexibility index (Phi) is 6.83. The van der Waals surface area contributed by atoms with Crippen molar-refractivity contribution in [1.29, 1.82) is 0 Å². The minimum Gasteiger partial charge on any atom is -0.450 e. The van der Waals surface area contributed by atoms with E-state index in [1.807, 2.05) is 42.5 Å². The zero-order valence-corrected chi connectivity index (χ0v) is 30.2. The predicted molar refractivity (Wildman–Crippen MR) is 221 cm³/mol. The van der Waals surface area contributed by atoms with Gasteiger partial charge in [-0.15, -0.1) is 0 Å². The van der Waals surface area contributed by atoms with E-state index in [4.69, 9.17) is 24.4 Å². The Morgan fingerprint density at radius 2 is 0.964 bits per heavy atom. The van der Waals surface area contributed by atoms with Crippen LogP contribution in [0.15, 0.2) is 164 Å². The summed E-state index contributed by atoms with van der Waals surface area (Å²) in [5.41, 5.74) is 9.66. The van der Waals surface area contributed by atoms with E-state index >= 15 is 0 Å². The molecule has 0 fully saturated rings. The van der Waals surface area contributed by atoms with Crippen LogP contribution in [0.4, 0.5) is 0 Å². The highest BCUT2D eigenvalue weighted by Gasteiger charge is 2.37. The lowest BCUT2D eigenvalue weighted by Crippen LogP contribution is -2.15. The van der Waals surface area contributed by atoms with Gasteiger partial charge in [-0.2, -0.15) is 0 Å². The van der Waals surface area contributed by atoms with Crippen molar-refractivity contribution in [3.05, 3.63) is 175 Å². The molecular formula is C50H33N3O2. The van der Waals surface area contributed by atoms with Crippen LogP contribution in [0.5, 0.6) is 23.0 Å². The zero-order valence-electron chi connectivity index (χ0n) is 30.2. The van der Waals surface area contributed by atoms with Gasteiger partial charge in [0.1, 0.15) is 0 Å². The number of aromatic nitrogens is 3. The Morgan fingerprint density at radius 3 is 1.84 bits per heavy atom. The smallest absolute Gasteiger partial charge is 0.170 e. The van der Waals surface area contributed by atoms with Crippen LogP contribution in [-0.2, 0) is 5.41 Å². The van der Waals surface area contributed by atoms with E-state index in [0.717, 1.165) is 44.7 Å². The monoisotopic (exact) mass is 707 g/mol. The maximum Gasteiger partial charge on any atom is 0.170 e. The lowest BCUT2D eigenvalue weighted by molar-refractivity contribution is 0.359. The molecule has 2 heterocycles. The van der Waals surface area contributed by atoms with Crippen molar-refractivity contribution in [1.82, 2.24) is 15.0 Å². The molecule has 2 aliphatic rings. The van der Waals surface area contributed by atoms with Crippen molar-refractivity contribution in [2.24, 2.45) is 0 Å². The fourth-order valence-electron chi connectivity index (χ4n) is 8.30. The van der Waals surface area contributed by atoms with Gasteiger partial charge in [0.25, 0.3) is 0 Å². The highest BCUT2D eigenvalue weighted by Crippen LogP contribution is 2.55. The first kappa shape index (κ1) is 31.4. The first-order chi connectivity index (χ1) is 27.0. The summed E-state index contributed by atoms with van der Waals surface area (Å²) in [6.45, 7) is 4.54. The quantitative estimate of drug-likeness (QED) is 0.170. The van der Waals surface area contributed by atoms with E-state index in [-0.39, 0.29) is 5.41 Å². The standard InChI is InChI=1S/C50H33N3O2/c1-50(2)41-18-9-8-17-39(41)40-28-45-46(29-42(40)50)54-43-24-22-33(27-44(43)55-45)32-14-10-15-35(25-32)48-51-47(31-12-4-3-5-13-31)52-49(53-48)36-21-23-38-34(26-36)20-19-30-11-6-7-16-37(30)38/h3-29H,1-2H3. The third-order valence-corrected chi connectivity index (χ3v) is 11.2. The van der Waals surface area contributed by atoms with Gasteiger partial charge < -0.3 is 9.47 Å². The summed E-state index contributed by atoms with van der Waals surface area (Å²) >= 11 is 0. The zero-order chi connectivity index (χ0) is 36.7. The van der Waals surface area contributed by atoms with Gasteiger partial charge in [-0.25, -0.2) is 15.0 Å². The third kappa shape index (κ3) is 5.12. The highest BCUT2D eigenvalue weighted by atomic mass is 16.6. The van der Waals surface area contributed by atoms with Crippen LogP contribution in [-0.4, -0.2) is 15.0 Å². The number of ether oxygens (including phenoxy) is 2. The molecule has 5 nitrogen and oxygen atoms in total. The second-order valence-electron chi connectivity index (χ2n) is 14.9. The van der Waals surface area contributed by atoms with Crippen LogP contribution < -0.4 is 9.47 Å². The number of hydrogen-bond donors (Lipinski definition) is 0. The van der Waals surface area contributed by atoms with E-state index in [2.05, 4.69) is 135 Å². The first-order valence-corrected chi connectivity index (χ1v) is 18.6. The van der Waals surface area contributed by atoms with Crippen molar-refractivity contribution >= 4 is 21.5 Å². The number of nitrogens with zero attached hydrogens (tertiary/aromatic N) is 3. The Morgan fingerprint density at radius 1 is 0.364 bits per heavy atom. The van der Waals surface area contributed by atoms with Crippen LogP contribution in [0, 0.1) is 0 Å². The van der Waals surface area contributed by atoms with Crippen LogP contribution in [0.1, 0.15) is 25.0 Å². The summed E-state index contributed by atoms with van der Waals surface area (Å²) in [7, 11) is 0. The van der Waals surface area contributed by atoms with Crippen LogP contribution in [0.25, 0.3) is 78.0 Å². The fraction of sp³-hybridized carbons (Fsp3) is 0.0600. The molecule has 9 aromatic rings. The van der Waals surface area contributed by atoms with Gasteiger partial charge in [-0.1, -0.05) is 141 Å². The summed E-state index contributed by atoms with van der Waals surface area (Å²) in [4.78, 5) is 15.1. The molecule has 0 bridgehead atoms. The predicted octanol–water partition coefficient (Wildman–Crippen LogP) is 13.1. The minimum absolute atomic E-state index is 0.120. The number of benzene rings is 8. The molecule has 0 unspecified atom stereocenters. The fourth-order valence-corrected chi connectivity index (χ4v) is 8.30. The maximum absolute atomic E-state index is 6.59. The molecular weight excluding hydrogens is 675 g/mol. The van der Waals surface area contributed by atoms with Crippen molar-refractivity contribution in [2.75, 3.05) is 0 Å². The number of fused-ring (bicyclic) bond motifs is 8. The maximum atomic E-state index is 6.59. The molecule has 260 valence electrons. The van der Waals surface area contributed by atoms with Crippen molar-refractivity contribution in [2.45, 2.75) is 19.3 Å². The Labute approximate surface area is 318 Å². The topological polar surface area (TPSA) is 57.1 Å². The molecule has 1 aliphatic carbocycles. The average molecular weight is 708 g/mol. The van der Waals surface area contributed by atoms with Crippen LogP contribution in [0.2, 0.25) is 0 Å². The molecule has 0 amide bonds. The summed E-state index contributed by atoms with van der Waals surface area (Å²) < 4.78 is 13.1. The second-order valence-corrected chi connectivity index (χ2v) is 14.9. The number of hydrogen-bond acceptors (Lipinski definition) is 5. The molecule has 0 N–H and O–H groups in total. The molecule has 0 saturated heterocycles. The largest absolute Gasteiger partial charge is 0.450 e. The van der Waals surface area contributed by atoms with E-state index in [1.165, 1.54) is 38.4 Å².